The lowest BCUT2D eigenvalue weighted by Crippen LogP contribution is -2.42. The van der Waals surface area contributed by atoms with Crippen molar-refractivity contribution in [3.8, 4) is 0 Å². The number of likely N-dealkylation sites (tertiary alicyclic amines) is 1. The molecule has 0 radical (unpaired) electrons. The molecule has 2 amide bonds. The summed E-state index contributed by atoms with van der Waals surface area (Å²) in [6.07, 6.45) is 0.474. The number of pyridine rings is 1. The van der Waals surface area contributed by atoms with Crippen molar-refractivity contribution in [2.24, 2.45) is 5.92 Å². The van der Waals surface area contributed by atoms with Crippen LogP contribution in [0.5, 0.6) is 0 Å². The maximum Gasteiger partial charge on any atom is 0.269 e. The molecule has 0 unspecified atom stereocenters. The zero-order valence-corrected chi connectivity index (χ0v) is 12.7. The molecule has 1 saturated heterocycles. The molecule has 1 aliphatic rings. The maximum atomic E-state index is 12.0. The summed E-state index contributed by atoms with van der Waals surface area (Å²) in [7, 11) is 0. The van der Waals surface area contributed by atoms with Crippen molar-refractivity contribution in [2.45, 2.75) is 32.7 Å². The Kier molecular flexibility index (Phi) is 4.16. The number of hydrogen-bond donors (Lipinski definition) is 2. The van der Waals surface area contributed by atoms with E-state index < -0.39 is 0 Å². The molecular weight excluding hydrogens is 268 g/mol. The largest absolute Gasteiger partial charge is 0.384 e. The topological polar surface area (TPSA) is 88.3 Å². The summed E-state index contributed by atoms with van der Waals surface area (Å²) in [5.74, 6) is 0.340. The number of amides is 2. The summed E-state index contributed by atoms with van der Waals surface area (Å²) in [5.41, 5.74) is 5.68. The third kappa shape index (κ3) is 3.71. The number of nitrogens with zero attached hydrogens (tertiary/aromatic N) is 2. The van der Waals surface area contributed by atoms with Gasteiger partial charge in [-0.1, -0.05) is 6.07 Å². The predicted molar refractivity (Wildman–Crippen MR) is 80.6 cm³/mol. The minimum Gasteiger partial charge on any atom is -0.384 e. The standard InChI is InChI=1S/C15H22N4O2/c1-15(2,3)19-9-10(7-13(19)20)8-17-14(21)11-5-4-6-12(16)18-11/h4-6,10H,7-9H2,1-3H3,(H2,16,18)(H,17,21)/t10-/m1/s1. The van der Waals surface area contributed by atoms with Crippen molar-refractivity contribution in [3.05, 3.63) is 23.9 Å². The van der Waals surface area contributed by atoms with Gasteiger partial charge in [-0.05, 0) is 32.9 Å². The highest BCUT2D eigenvalue weighted by atomic mass is 16.2. The smallest absolute Gasteiger partial charge is 0.269 e. The summed E-state index contributed by atoms with van der Waals surface area (Å²) >= 11 is 0. The Bertz CT molecular complexity index is 551. The van der Waals surface area contributed by atoms with Gasteiger partial charge in [0, 0.05) is 31.0 Å². The van der Waals surface area contributed by atoms with Gasteiger partial charge in [0.2, 0.25) is 5.91 Å². The second-order valence-corrected chi connectivity index (χ2v) is 6.40. The molecule has 6 nitrogen and oxygen atoms in total. The van der Waals surface area contributed by atoms with Gasteiger partial charge in [0.05, 0.1) is 0 Å². The first-order chi connectivity index (χ1) is 9.77. The van der Waals surface area contributed by atoms with E-state index in [9.17, 15) is 9.59 Å². The van der Waals surface area contributed by atoms with Crippen molar-refractivity contribution in [2.75, 3.05) is 18.8 Å². The van der Waals surface area contributed by atoms with Gasteiger partial charge in [0.1, 0.15) is 11.5 Å². The van der Waals surface area contributed by atoms with E-state index in [0.717, 1.165) is 0 Å². The lowest BCUT2D eigenvalue weighted by molar-refractivity contribution is -0.131. The van der Waals surface area contributed by atoms with Crippen LogP contribution in [-0.4, -0.2) is 40.3 Å². The minimum atomic E-state index is -0.260. The highest BCUT2D eigenvalue weighted by Gasteiger charge is 2.36. The molecule has 0 aliphatic carbocycles. The van der Waals surface area contributed by atoms with E-state index in [1.165, 1.54) is 0 Å². The molecule has 2 rings (SSSR count). The lowest BCUT2D eigenvalue weighted by atomic mass is 10.1. The average molecular weight is 290 g/mol. The van der Waals surface area contributed by atoms with Gasteiger partial charge in [-0.3, -0.25) is 9.59 Å². The van der Waals surface area contributed by atoms with E-state index in [0.29, 0.717) is 31.0 Å². The van der Waals surface area contributed by atoms with Gasteiger partial charge in [-0.25, -0.2) is 4.98 Å². The fraction of sp³-hybridized carbons (Fsp3) is 0.533. The van der Waals surface area contributed by atoms with Crippen LogP contribution in [0.25, 0.3) is 0 Å². The van der Waals surface area contributed by atoms with Gasteiger partial charge in [-0.15, -0.1) is 0 Å². The van der Waals surface area contributed by atoms with E-state index >= 15 is 0 Å². The molecule has 3 N–H and O–H groups in total. The zero-order valence-electron chi connectivity index (χ0n) is 12.7. The van der Waals surface area contributed by atoms with Crippen molar-refractivity contribution in [3.63, 3.8) is 0 Å². The molecule has 2 heterocycles. The van der Waals surface area contributed by atoms with Gasteiger partial charge < -0.3 is 16.0 Å². The van der Waals surface area contributed by atoms with Crippen LogP contribution < -0.4 is 11.1 Å². The molecule has 1 aromatic rings. The summed E-state index contributed by atoms with van der Waals surface area (Å²) < 4.78 is 0. The van der Waals surface area contributed by atoms with Crippen molar-refractivity contribution in [1.29, 1.82) is 0 Å². The third-order valence-electron chi connectivity index (χ3n) is 3.57. The molecule has 0 saturated carbocycles. The zero-order chi connectivity index (χ0) is 15.6. The Morgan fingerprint density at radius 2 is 2.19 bits per heavy atom. The first kappa shape index (κ1) is 15.3. The Morgan fingerprint density at radius 3 is 2.76 bits per heavy atom. The molecule has 6 heteroatoms. The number of carbonyl (C=O) groups excluding carboxylic acids is 2. The van der Waals surface area contributed by atoms with Crippen LogP contribution in [0.3, 0.4) is 0 Å². The molecule has 0 spiro atoms. The number of hydrogen-bond acceptors (Lipinski definition) is 4. The predicted octanol–water partition coefficient (Wildman–Crippen LogP) is 1.04. The second kappa shape index (κ2) is 5.71. The fourth-order valence-corrected chi connectivity index (χ4v) is 2.47. The highest BCUT2D eigenvalue weighted by molar-refractivity contribution is 5.92. The van der Waals surface area contributed by atoms with Crippen LogP contribution in [0.15, 0.2) is 18.2 Å². The van der Waals surface area contributed by atoms with Crippen LogP contribution >= 0.6 is 0 Å². The van der Waals surface area contributed by atoms with Gasteiger partial charge in [-0.2, -0.15) is 0 Å². The molecule has 1 aromatic heterocycles. The van der Waals surface area contributed by atoms with Gasteiger partial charge in [0.15, 0.2) is 0 Å². The molecular formula is C15H22N4O2. The van der Waals surface area contributed by atoms with E-state index in [2.05, 4.69) is 10.3 Å². The van der Waals surface area contributed by atoms with Crippen molar-refractivity contribution in [1.82, 2.24) is 15.2 Å². The SMILES string of the molecule is CC(C)(C)N1C[C@@H](CNC(=O)c2cccc(N)n2)CC1=O. The van der Waals surface area contributed by atoms with Crippen LogP contribution in [0.2, 0.25) is 0 Å². The molecule has 21 heavy (non-hydrogen) atoms. The number of anilines is 1. The molecule has 1 fully saturated rings. The van der Waals surface area contributed by atoms with Gasteiger partial charge in [0.25, 0.3) is 5.91 Å². The number of carbonyl (C=O) groups is 2. The van der Waals surface area contributed by atoms with Crippen LogP contribution in [-0.2, 0) is 4.79 Å². The first-order valence-corrected chi connectivity index (χ1v) is 7.08. The minimum absolute atomic E-state index is 0.140. The van der Waals surface area contributed by atoms with Crippen LogP contribution in [0, 0.1) is 5.92 Å². The number of aromatic nitrogens is 1. The van der Waals surface area contributed by atoms with Crippen molar-refractivity contribution < 1.29 is 9.59 Å². The maximum absolute atomic E-state index is 12.0. The summed E-state index contributed by atoms with van der Waals surface area (Å²) in [6, 6.07) is 4.94. The summed E-state index contributed by atoms with van der Waals surface area (Å²) in [4.78, 5) is 29.8. The number of nitrogen functional groups attached to an aromatic ring is 1. The lowest BCUT2D eigenvalue weighted by Gasteiger charge is -2.32. The quantitative estimate of drug-likeness (QED) is 0.870. The Morgan fingerprint density at radius 1 is 1.48 bits per heavy atom. The highest BCUT2D eigenvalue weighted by Crippen LogP contribution is 2.25. The van der Waals surface area contributed by atoms with Gasteiger partial charge >= 0.3 is 0 Å². The Labute approximate surface area is 124 Å². The number of rotatable bonds is 3. The Balaban J connectivity index is 1.90. The van der Waals surface area contributed by atoms with Crippen LogP contribution in [0.1, 0.15) is 37.7 Å². The van der Waals surface area contributed by atoms with E-state index in [1.54, 1.807) is 18.2 Å². The monoisotopic (exact) mass is 290 g/mol. The first-order valence-electron chi connectivity index (χ1n) is 7.08. The van der Waals surface area contributed by atoms with E-state index in [-0.39, 0.29) is 23.3 Å². The van der Waals surface area contributed by atoms with Crippen LogP contribution in [0.4, 0.5) is 5.82 Å². The third-order valence-corrected chi connectivity index (χ3v) is 3.57. The molecule has 0 aromatic carbocycles. The normalized spacial score (nSPS) is 18.9. The van der Waals surface area contributed by atoms with Crippen molar-refractivity contribution >= 4 is 17.6 Å². The summed E-state index contributed by atoms with van der Waals surface area (Å²) in [5, 5.41) is 2.82. The number of nitrogens with one attached hydrogen (secondary N) is 1. The number of nitrogens with two attached hydrogens (primary N) is 1. The molecule has 0 bridgehead atoms. The fourth-order valence-electron chi connectivity index (χ4n) is 2.47. The molecule has 1 atom stereocenters. The molecule has 114 valence electrons. The summed E-state index contributed by atoms with van der Waals surface area (Å²) in [6.45, 7) is 7.19. The van der Waals surface area contributed by atoms with E-state index in [4.69, 9.17) is 5.73 Å². The average Bonchev–Trinajstić information content (AvgIpc) is 2.77. The molecule has 1 aliphatic heterocycles. The second-order valence-electron chi connectivity index (χ2n) is 6.40. The van der Waals surface area contributed by atoms with E-state index in [1.807, 2.05) is 25.7 Å². The Hall–Kier alpha value is -2.11.